The summed E-state index contributed by atoms with van der Waals surface area (Å²) in [5, 5.41) is 0. The van der Waals surface area contributed by atoms with Gasteiger partial charge in [0, 0.05) is 5.56 Å². The Kier molecular flexibility index (Phi) is 2.70. The van der Waals surface area contributed by atoms with Crippen molar-refractivity contribution >= 4 is 0 Å². The first-order valence-corrected chi connectivity index (χ1v) is 4.87. The molecule has 0 radical (unpaired) electrons. The number of rotatable bonds is 2. The molecule has 1 rings (SSSR count). The minimum atomic E-state index is 0.0233. The normalized spacial score (nSPS) is 12.1. The summed E-state index contributed by atoms with van der Waals surface area (Å²) >= 11 is 0. The summed E-state index contributed by atoms with van der Waals surface area (Å²) in [6.07, 6.45) is 0. The van der Waals surface area contributed by atoms with Gasteiger partial charge in [-0.15, -0.1) is 0 Å². The van der Waals surface area contributed by atoms with Crippen molar-refractivity contribution in [2.45, 2.75) is 39.0 Å². The average Bonchev–Trinajstić information content (AvgIpc) is 2.03. The minimum absolute atomic E-state index is 0.0233. The van der Waals surface area contributed by atoms with Crippen LogP contribution >= 0.6 is 0 Å². The molecule has 0 saturated carbocycles. The van der Waals surface area contributed by atoms with Gasteiger partial charge in [-0.2, -0.15) is 0 Å². The first-order valence-electron chi connectivity index (χ1n) is 4.87. The predicted octanol–water partition coefficient (Wildman–Crippen LogP) is 3.92. The first-order chi connectivity index (χ1) is 5.91. The molecule has 13 heavy (non-hydrogen) atoms. The van der Waals surface area contributed by atoms with Crippen LogP contribution in [0.4, 0.5) is 0 Å². The van der Waals surface area contributed by atoms with Crippen LogP contribution in [0, 0.1) is 6.92 Å². The maximum absolute atomic E-state index is 4.12. The number of hydrogen-bond donors (Lipinski definition) is 0. The summed E-state index contributed by atoms with van der Waals surface area (Å²) in [4.78, 5) is 0. The highest BCUT2D eigenvalue weighted by molar-refractivity contribution is 5.30. The standard InChI is InChI=1S/C13H19/c1-10(2)11-6-8-12(9-7-11)13(3,4)5/h6-10H,3H2,1-2,4-5H3/q+1. The highest BCUT2D eigenvalue weighted by Crippen LogP contribution is 2.23. The fourth-order valence-corrected chi connectivity index (χ4v) is 1.32. The summed E-state index contributed by atoms with van der Waals surface area (Å²) in [6, 6.07) is 8.77. The van der Waals surface area contributed by atoms with E-state index < -0.39 is 0 Å². The van der Waals surface area contributed by atoms with Crippen LogP contribution in [-0.2, 0) is 5.41 Å². The van der Waals surface area contributed by atoms with Crippen LogP contribution in [0.2, 0.25) is 0 Å². The molecule has 0 aliphatic rings. The largest absolute Gasteiger partial charge is 0.125 e. The maximum Gasteiger partial charge on any atom is 0.125 e. The van der Waals surface area contributed by atoms with Crippen molar-refractivity contribution in [3.63, 3.8) is 0 Å². The second-order valence-electron chi connectivity index (χ2n) is 4.66. The predicted molar refractivity (Wildman–Crippen MR) is 58.9 cm³/mol. The molecular weight excluding hydrogens is 156 g/mol. The molecule has 70 valence electrons. The number of hydrogen-bond acceptors (Lipinski definition) is 0. The molecule has 0 heterocycles. The zero-order valence-electron chi connectivity index (χ0n) is 9.09. The van der Waals surface area contributed by atoms with Crippen LogP contribution in [-0.4, -0.2) is 0 Å². The molecule has 0 nitrogen and oxygen atoms in total. The Morgan fingerprint density at radius 3 is 1.85 bits per heavy atom. The quantitative estimate of drug-likeness (QED) is 0.598. The van der Waals surface area contributed by atoms with Crippen LogP contribution in [0.1, 0.15) is 44.7 Å². The molecule has 0 spiro atoms. The molecular formula is C13H19+. The van der Waals surface area contributed by atoms with Gasteiger partial charge in [0.15, 0.2) is 0 Å². The van der Waals surface area contributed by atoms with Crippen LogP contribution in [0.15, 0.2) is 24.3 Å². The molecule has 0 atom stereocenters. The Labute approximate surface area is 82.0 Å². The molecule has 0 aliphatic heterocycles. The lowest BCUT2D eigenvalue weighted by molar-refractivity contribution is 0.664. The molecule has 0 N–H and O–H groups in total. The average molecular weight is 175 g/mol. The minimum Gasteiger partial charge on any atom is -0.0587 e. The van der Waals surface area contributed by atoms with Crippen molar-refractivity contribution in [1.82, 2.24) is 0 Å². The van der Waals surface area contributed by atoms with E-state index in [-0.39, 0.29) is 5.41 Å². The van der Waals surface area contributed by atoms with Gasteiger partial charge in [-0.05, 0) is 25.3 Å². The topological polar surface area (TPSA) is 0 Å². The second kappa shape index (κ2) is 3.45. The molecule has 1 aromatic carbocycles. The van der Waals surface area contributed by atoms with Gasteiger partial charge in [0.25, 0.3) is 0 Å². The van der Waals surface area contributed by atoms with Gasteiger partial charge in [-0.3, -0.25) is 0 Å². The van der Waals surface area contributed by atoms with Gasteiger partial charge in [-0.25, -0.2) is 0 Å². The molecule has 1 aromatic rings. The van der Waals surface area contributed by atoms with Gasteiger partial charge in [0.2, 0.25) is 0 Å². The van der Waals surface area contributed by atoms with Crippen molar-refractivity contribution in [2.75, 3.05) is 0 Å². The highest BCUT2D eigenvalue weighted by atomic mass is 14.2. The lowest BCUT2D eigenvalue weighted by Crippen LogP contribution is -2.11. The van der Waals surface area contributed by atoms with Gasteiger partial charge in [0.05, 0.1) is 6.92 Å². The van der Waals surface area contributed by atoms with Crippen LogP contribution in [0.3, 0.4) is 0 Å². The van der Waals surface area contributed by atoms with Gasteiger partial charge >= 0.3 is 0 Å². The fraction of sp³-hybridized carbons (Fsp3) is 0.462. The maximum atomic E-state index is 4.12. The van der Waals surface area contributed by atoms with E-state index in [0.29, 0.717) is 5.92 Å². The van der Waals surface area contributed by atoms with Crippen LogP contribution in [0.5, 0.6) is 0 Å². The summed E-state index contributed by atoms with van der Waals surface area (Å²) < 4.78 is 0. The van der Waals surface area contributed by atoms with E-state index in [2.05, 4.69) is 58.9 Å². The van der Waals surface area contributed by atoms with Crippen LogP contribution < -0.4 is 0 Å². The monoisotopic (exact) mass is 175 g/mol. The zero-order chi connectivity index (χ0) is 10.1. The Morgan fingerprint density at radius 2 is 1.54 bits per heavy atom. The molecule has 0 unspecified atom stereocenters. The Balaban J connectivity index is 2.94. The summed E-state index contributed by atoms with van der Waals surface area (Å²) in [5.74, 6) is 0.613. The molecule has 0 fully saturated rings. The van der Waals surface area contributed by atoms with Crippen molar-refractivity contribution in [1.29, 1.82) is 0 Å². The van der Waals surface area contributed by atoms with Gasteiger partial charge < -0.3 is 0 Å². The lowest BCUT2D eigenvalue weighted by atomic mass is 9.86. The van der Waals surface area contributed by atoms with E-state index >= 15 is 0 Å². The van der Waals surface area contributed by atoms with Crippen molar-refractivity contribution in [3.05, 3.63) is 42.3 Å². The third-order valence-electron chi connectivity index (χ3n) is 2.36. The SMILES string of the molecule is [CH2+]C(C)(C)c1ccc(C(C)C)cc1. The molecule has 0 bridgehead atoms. The van der Waals surface area contributed by atoms with E-state index in [1.807, 2.05) is 0 Å². The highest BCUT2D eigenvalue weighted by Gasteiger charge is 2.20. The molecule has 0 aliphatic carbocycles. The summed E-state index contributed by atoms with van der Waals surface area (Å²) in [5.41, 5.74) is 2.72. The molecule has 0 saturated heterocycles. The first kappa shape index (κ1) is 10.2. The Hall–Kier alpha value is -0.910. The van der Waals surface area contributed by atoms with E-state index in [1.54, 1.807) is 0 Å². The second-order valence-corrected chi connectivity index (χ2v) is 4.66. The Bertz CT molecular complexity index is 259. The van der Waals surface area contributed by atoms with Crippen molar-refractivity contribution < 1.29 is 0 Å². The molecule has 0 heteroatoms. The van der Waals surface area contributed by atoms with Crippen LogP contribution in [0.25, 0.3) is 0 Å². The summed E-state index contributed by atoms with van der Waals surface area (Å²) in [6.45, 7) is 12.8. The zero-order valence-corrected chi connectivity index (χ0v) is 9.09. The fourth-order valence-electron chi connectivity index (χ4n) is 1.32. The third-order valence-corrected chi connectivity index (χ3v) is 2.36. The van der Waals surface area contributed by atoms with Crippen molar-refractivity contribution in [3.8, 4) is 0 Å². The van der Waals surface area contributed by atoms with Gasteiger partial charge in [-0.1, -0.05) is 38.1 Å². The van der Waals surface area contributed by atoms with E-state index in [9.17, 15) is 0 Å². The lowest BCUT2D eigenvalue weighted by Gasteiger charge is -2.13. The molecule has 0 aromatic heterocycles. The van der Waals surface area contributed by atoms with Gasteiger partial charge in [0.1, 0.15) is 5.41 Å². The van der Waals surface area contributed by atoms with E-state index in [1.165, 1.54) is 11.1 Å². The number of benzene rings is 1. The Morgan fingerprint density at radius 1 is 1.08 bits per heavy atom. The van der Waals surface area contributed by atoms with E-state index in [4.69, 9.17) is 0 Å². The van der Waals surface area contributed by atoms with E-state index in [0.717, 1.165) is 0 Å². The smallest absolute Gasteiger partial charge is 0.0587 e. The third kappa shape index (κ3) is 2.51. The molecule has 0 amide bonds. The van der Waals surface area contributed by atoms with Crippen molar-refractivity contribution in [2.24, 2.45) is 0 Å². The summed E-state index contributed by atoms with van der Waals surface area (Å²) in [7, 11) is 0.